The SMILES string of the molecule is O=C(NCCNc1ccc(Nc2ccccn2)nn1)c1nc2ccccc2s1. The minimum Gasteiger partial charge on any atom is -0.367 e. The van der Waals surface area contributed by atoms with Gasteiger partial charge in [0.15, 0.2) is 10.8 Å². The number of nitrogens with one attached hydrogen (secondary N) is 3. The number of nitrogens with zero attached hydrogens (tertiary/aromatic N) is 4. The molecule has 4 aromatic rings. The van der Waals surface area contributed by atoms with E-state index >= 15 is 0 Å². The van der Waals surface area contributed by atoms with E-state index in [9.17, 15) is 4.79 Å². The standard InChI is InChI=1S/C19H17N7OS/c27-18(19-23-13-5-1-2-6-14(13)28-19)22-12-11-21-16-8-9-17(26-25-16)24-15-7-3-4-10-20-15/h1-10H,11-12H2,(H,21,25)(H,22,27)(H,20,24,26). The summed E-state index contributed by atoms with van der Waals surface area (Å²) in [6, 6.07) is 16.9. The van der Waals surface area contributed by atoms with Crippen molar-refractivity contribution in [2.45, 2.75) is 0 Å². The number of hydrogen-bond donors (Lipinski definition) is 3. The van der Waals surface area contributed by atoms with Crippen molar-refractivity contribution in [3.05, 3.63) is 65.8 Å². The van der Waals surface area contributed by atoms with Crippen LogP contribution in [-0.4, -0.2) is 39.2 Å². The molecule has 0 atom stereocenters. The first-order chi connectivity index (χ1) is 13.8. The molecule has 3 heterocycles. The second-order valence-electron chi connectivity index (χ2n) is 5.81. The molecule has 140 valence electrons. The third-order valence-corrected chi connectivity index (χ3v) is 4.83. The summed E-state index contributed by atoms with van der Waals surface area (Å²) in [5, 5.41) is 17.7. The molecule has 0 saturated carbocycles. The molecule has 4 rings (SSSR count). The Bertz CT molecular complexity index is 1030. The van der Waals surface area contributed by atoms with E-state index < -0.39 is 0 Å². The summed E-state index contributed by atoms with van der Waals surface area (Å²) < 4.78 is 1.00. The third-order valence-electron chi connectivity index (χ3n) is 3.79. The first-order valence-corrected chi connectivity index (χ1v) is 9.49. The predicted octanol–water partition coefficient (Wildman–Crippen LogP) is 3.07. The summed E-state index contributed by atoms with van der Waals surface area (Å²) in [6.07, 6.45) is 1.70. The number of carbonyl (C=O) groups is 1. The minimum absolute atomic E-state index is 0.177. The summed E-state index contributed by atoms with van der Waals surface area (Å²) in [5.41, 5.74) is 0.838. The fraction of sp³-hybridized carbons (Fsp3) is 0.105. The van der Waals surface area contributed by atoms with Crippen LogP contribution in [0.2, 0.25) is 0 Å². The zero-order chi connectivity index (χ0) is 19.2. The number of thiazole rings is 1. The highest BCUT2D eigenvalue weighted by Gasteiger charge is 2.11. The molecule has 3 N–H and O–H groups in total. The number of benzene rings is 1. The summed E-state index contributed by atoms with van der Waals surface area (Å²) >= 11 is 1.38. The van der Waals surface area contributed by atoms with Gasteiger partial charge in [-0.25, -0.2) is 9.97 Å². The molecule has 0 fully saturated rings. The zero-order valence-electron chi connectivity index (χ0n) is 14.8. The zero-order valence-corrected chi connectivity index (χ0v) is 15.6. The third kappa shape index (κ3) is 4.38. The smallest absolute Gasteiger partial charge is 0.280 e. The van der Waals surface area contributed by atoms with Gasteiger partial charge in [-0.2, -0.15) is 0 Å². The molecule has 0 aliphatic carbocycles. The van der Waals surface area contributed by atoms with E-state index in [1.54, 1.807) is 6.20 Å². The van der Waals surface area contributed by atoms with E-state index in [4.69, 9.17) is 0 Å². The molecule has 0 unspecified atom stereocenters. The molecule has 0 bridgehead atoms. The second kappa shape index (κ2) is 8.40. The monoisotopic (exact) mass is 391 g/mol. The molecule has 8 nitrogen and oxygen atoms in total. The number of carbonyl (C=O) groups excluding carboxylic acids is 1. The van der Waals surface area contributed by atoms with Crippen LogP contribution >= 0.6 is 11.3 Å². The van der Waals surface area contributed by atoms with E-state index in [1.807, 2.05) is 54.6 Å². The van der Waals surface area contributed by atoms with Crippen LogP contribution in [0.1, 0.15) is 9.80 Å². The Morgan fingerprint density at radius 1 is 0.893 bits per heavy atom. The topological polar surface area (TPSA) is 105 Å². The Balaban J connectivity index is 1.24. The van der Waals surface area contributed by atoms with Crippen LogP contribution in [0.3, 0.4) is 0 Å². The molecule has 3 aromatic heterocycles. The lowest BCUT2D eigenvalue weighted by Gasteiger charge is -2.07. The summed E-state index contributed by atoms with van der Waals surface area (Å²) in [7, 11) is 0. The number of fused-ring (bicyclic) bond motifs is 1. The van der Waals surface area contributed by atoms with Gasteiger partial charge in [0.25, 0.3) is 5.91 Å². The van der Waals surface area contributed by atoms with Gasteiger partial charge in [0.05, 0.1) is 10.2 Å². The molecule has 0 radical (unpaired) electrons. The van der Waals surface area contributed by atoms with Gasteiger partial charge in [0, 0.05) is 19.3 Å². The van der Waals surface area contributed by atoms with Crippen molar-refractivity contribution in [1.29, 1.82) is 0 Å². The van der Waals surface area contributed by atoms with Gasteiger partial charge in [0.2, 0.25) is 0 Å². The molecule has 0 aliphatic heterocycles. The first kappa shape index (κ1) is 17.8. The Kier molecular flexibility index (Phi) is 5.34. The molecule has 0 aliphatic rings. The number of amides is 1. The first-order valence-electron chi connectivity index (χ1n) is 8.67. The van der Waals surface area contributed by atoms with Crippen LogP contribution in [-0.2, 0) is 0 Å². The van der Waals surface area contributed by atoms with E-state index in [0.29, 0.717) is 35.6 Å². The van der Waals surface area contributed by atoms with Crippen LogP contribution in [0, 0.1) is 0 Å². The predicted molar refractivity (Wildman–Crippen MR) is 110 cm³/mol. The number of aromatic nitrogens is 4. The number of anilines is 3. The maximum absolute atomic E-state index is 12.2. The Labute approximate surface area is 165 Å². The summed E-state index contributed by atoms with van der Waals surface area (Å²) in [5.74, 6) is 1.76. The van der Waals surface area contributed by atoms with E-state index in [1.165, 1.54) is 11.3 Å². The van der Waals surface area contributed by atoms with Gasteiger partial charge >= 0.3 is 0 Å². The van der Waals surface area contributed by atoms with Crippen molar-refractivity contribution in [2.24, 2.45) is 0 Å². The summed E-state index contributed by atoms with van der Waals surface area (Å²) in [6.45, 7) is 0.975. The van der Waals surface area contributed by atoms with Crippen LogP contribution < -0.4 is 16.0 Å². The molecular formula is C19H17N7OS. The quantitative estimate of drug-likeness (QED) is 0.416. The Morgan fingerprint density at radius 2 is 1.71 bits per heavy atom. The fourth-order valence-electron chi connectivity index (χ4n) is 2.47. The second-order valence-corrected chi connectivity index (χ2v) is 6.84. The average molecular weight is 391 g/mol. The maximum atomic E-state index is 12.2. The van der Waals surface area contributed by atoms with Gasteiger partial charge in [-0.3, -0.25) is 4.79 Å². The van der Waals surface area contributed by atoms with Crippen molar-refractivity contribution in [3.8, 4) is 0 Å². The van der Waals surface area contributed by atoms with E-state index in [2.05, 4.69) is 36.1 Å². The van der Waals surface area contributed by atoms with Gasteiger partial charge in [-0.15, -0.1) is 21.5 Å². The van der Waals surface area contributed by atoms with Gasteiger partial charge in [-0.1, -0.05) is 18.2 Å². The van der Waals surface area contributed by atoms with Crippen LogP contribution in [0.5, 0.6) is 0 Å². The number of hydrogen-bond acceptors (Lipinski definition) is 8. The van der Waals surface area contributed by atoms with Gasteiger partial charge in [-0.05, 0) is 36.4 Å². The molecular weight excluding hydrogens is 374 g/mol. The lowest BCUT2D eigenvalue weighted by molar-refractivity contribution is 0.0955. The summed E-state index contributed by atoms with van der Waals surface area (Å²) in [4.78, 5) is 20.7. The van der Waals surface area contributed by atoms with Crippen molar-refractivity contribution in [1.82, 2.24) is 25.5 Å². The highest BCUT2D eigenvalue weighted by Crippen LogP contribution is 2.21. The van der Waals surface area contributed by atoms with Crippen molar-refractivity contribution >= 4 is 44.9 Å². The molecule has 1 amide bonds. The lowest BCUT2D eigenvalue weighted by atomic mass is 10.3. The largest absolute Gasteiger partial charge is 0.367 e. The van der Waals surface area contributed by atoms with Gasteiger partial charge < -0.3 is 16.0 Å². The van der Waals surface area contributed by atoms with Crippen molar-refractivity contribution in [2.75, 3.05) is 23.7 Å². The maximum Gasteiger partial charge on any atom is 0.280 e. The highest BCUT2D eigenvalue weighted by atomic mass is 32.1. The highest BCUT2D eigenvalue weighted by molar-refractivity contribution is 7.20. The van der Waals surface area contributed by atoms with Crippen LogP contribution in [0.25, 0.3) is 10.2 Å². The number of rotatable bonds is 7. The van der Waals surface area contributed by atoms with E-state index in [-0.39, 0.29) is 5.91 Å². The molecule has 9 heteroatoms. The molecule has 0 saturated heterocycles. The Hall–Kier alpha value is -3.59. The number of pyridine rings is 1. The van der Waals surface area contributed by atoms with Crippen molar-refractivity contribution < 1.29 is 4.79 Å². The Morgan fingerprint density at radius 3 is 2.50 bits per heavy atom. The molecule has 1 aromatic carbocycles. The fourth-order valence-corrected chi connectivity index (χ4v) is 3.35. The van der Waals surface area contributed by atoms with Gasteiger partial charge in [0.1, 0.15) is 11.6 Å². The van der Waals surface area contributed by atoms with Crippen LogP contribution in [0.15, 0.2) is 60.8 Å². The minimum atomic E-state index is -0.177. The lowest BCUT2D eigenvalue weighted by Crippen LogP contribution is -2.28. The van der Waals surface area contributed by atoms with Crippen molar-refractivity contribution in [3.63, 3.8) is 0 Å². The van der Waals surface area contributed by atoms with Crippen LogP contribution in [0.4, 0.5) is 17.5 Å². The molecule has 0 spiro atoms. The van der Waals surface area contributed by atoms with E-state index in [0.717, 1.165) is 10.2 Å². The molecule has 28 heavy (non-hydrogen) atoms. The normalized spacial score (nSPS) is 10.6. The average Bonchev–Trinajstić information content (AvgIpc) is 3.17. The number of para-hydroxylation sites is 1.